The smallest absolute Gasteiger partial charge is 0.00241 e. The minimum Gasteiger partial charge on any atom is -0.0808 e. The van der Waals surface area contributed by atoms with Crippen LogP contribution in [0.4, 0.5) is 0 Å². The molecule has 6 rings (SSSR count). The van der Waals surface area contributed by atoms with Crippen LogP contribution in [-0.4, -0.2) is 0 Å². The second-order valence-electron chi connectivity index (χ2n) is 11.1. The van der Waals surface area contributed by atoms with Gasteiger partial charge in [0.1, 0.15) is 0 Å². The van der Waals surface area contributed by atoms with Crippen molar-refractivity contribution in [3.63, 3.8) is 0 Å². The first-order valence-electron chi connectivity index (χ1n) is 13.1. The van der Waals surface area contributed by atoms with Gasteiger partial charge < -0.3 is 0 Å². The van der Waals surface area contributed by atoms with Crippen LogP contribution in [0.3, 0.4) is 0 Å². The summed E-state index contributed by atoms with van der Waals surface area (Å²) in [5, 5.41) is 0. The number of benzene rings is 2. The third-order valence-electron chi connectivity index (χ3n) is 9.18. The molecule has 168 valence electrons. The van der Waals surface area contributed by atoms with Crippen LogP contribution in [0.15, 0.2) is 103 Å². The standard InChI is InChI=1S/C33H36/c1-22(2)30-20-24-14-7-9-17-27(24)33(30)29-19-11-10-18-28(29)31-21-25-15-6-8-16-26(25)32(31)23-12-4-3-5-13-23/h3-19,22,24-27,30-33H,20-21H2,1-2H3. The fraction of sp³-hybridized carbons (Fsp3) is 0.394. The number of rotatable bonds is 4. The number of hydrogen-bond donors (Lipinski definition) is 0. The highest BCUT2D eigenvalue weighted by molar-refractivity contribution is 5.43. The average molecular weight is 433 g/mol. The fourth-order valence-electron chi connectivity index (χ4n) is 7.77. The Balaban J connectivity index is 1.46. The number of hydrogen-bond acceptors (Lipinski definition) is 0. The van der Waals surface area contributed by atoms with Crippen LogP contribution in [0.2, 0.25) is 0 Å². The van der Waals surface area contributed by atoms with Gasteiger partial charge in [-0.3, -0.25) is 0 Å². The Morgan fingerprint density at radius 2 is 1.18 bits per heavy atom. The minimum absolute atomic E-state index is 0.551. The van der Waals surface area contributed by atoms with E-state index in [2.05, 4.69) is 117 Å². The number of allylic oxidation sites excluding steroid dienone is 8. The molecular weight excluding hydrogens is 396 g/mol. The van der Waals surface area contributed by atoms with Gasteiger partial charge >= 0.3 is 0 Å². The van der Waals surface area contributed by atoms with E-state index in [1.54, 1.807) is 11.1 Å². The van der Waals surface area contributed by atoms with Crippen molar-refractivity contribution in [2.45, 2.75) is 44.4 Å². The second-order valence-corrected chi connectivity index (χ2v) is 11.1. The summed E-state index contributed by atoms with van der Waals surface area (Å²) >= 11 is 0. The van der Waals surface area contributed by atoms with Gasteiger partial charge in [0, 0.05) is 0 Å². The van der Waals surface area contributed by atoms with Gasteiger partial charge in [0.25, 0.3) is 0 Å². The SMILES string of the molecule is CC(C)C1CC2C=CC=CC2C1c1ccccc1C1CC2C=CC=CC2C1c1ccccc1. The third kappa shape index (κ3) is 3.59. The van der Waals surface area contributed by atoms with Gasteiger partial charge in [0.2, 0.25) is 0 Å². The molecule has 33 heavy (non-hydrogen) atoms. The highest BCUT2D eigenvalue weighted by atomic mass is 14.5. The van der Waals surface area contributed by atoms with Crippen molar-refractivity contribution in [2.75, 3.05) is 0 Å². The molecule has 2 aromatic carbocycles. The van der Waals surface area contributed by atoms with Crippen LogP contribution < -0.4 is 0 Å². The predicted octanol–water partition coefficient (Wildman–Crippen LogP) is 8.43. The maximum Gasteiger partial charge on any atom is -0.00241 e. The molecule has 2 fully saturated rings. The van der Waals surface area contributed by atoms with E-state index in [0.29, 0.717) is 47.3 Å². The lowest BCUT2D eigenvalue weighted by Crippen LogP contribution is -2.21. The normalized spacial score (nSPS) is 36.3. The van der Waals surface area contributed by atoms with Crippen molar-refractivity contribution in [2.24, 2.45) is 35.5 Å². The zero-order valence-electron chi connectivity index (χ0n) is 19.9. The van der Waals surface area contributed by atoms with Gasteiger partial charge in [-0.15, -0.1) is 0 Å². The van der Waals surface area contributed by atoms with E-state index in [4.69, 9.17) is 0 Å². The molecule has 0 saturated heterocycles. The van der Waals surface area contributed by atoms with Crippen LogP contribution in [-0.2, 0) is 0 Å². The van der Waals surface area contributed by atoms with Gasteiger partial charge in [-0.25, -0.2) is 0 Å². The molecule has 0 aliphatic heterocycles. The summed E-state index contributed by atoms with van der Waals surface area (Å²) in [5.74, 6) is 5.78. The summed E-state index contributed by atoms with van der Waals surface area (Å²) in [7, 11) is 0. The van der Waals surface area contributed by atoms with E-state index >= 15 is 0 Å². The molecule has 2 saturated carbocycles. The topological polar surface area (TPSA) is 0 Å². The molecule has 0 heterocycles. The van der Waals surface area contributed by atoms with Gasteiger partial charge in [-0.05, 0) is 82.8 Å². The largest absolute Gasteiger partial charge is 0.0808 e. The van der Waals surface area contributed by atoms with Crippen molar-refractivity contribution in [1.29, 1.82) is 0 Å². The second kappa shape index (κ2) is 8.64. The Morgan fingerprint density at radius 1 is 0.606 bits per heavy atom. The maximum absolute atomic E-state index is 2.52. The first-order chi connectivity index (χ1) is 16.2. The summed E-state index contributed by atoms with van der Waals surface area (Å²) < 4.78 is 0. The number of fused-ring (bicyclic) bond motifs is 2. The monoisotopic (exact) mass is 432 g/mol. The quantitative estimate of drug-likeness (QED) is 0.455. The minimum atomic E-state index is 0.551. The Bertz CT molecular complexity index is 1100. The van der Waals surface area contributed by atoms with Crippen molar-refractivity contribution in [3.8, 4) is 0 Å². The molecule has 4 aliphatic carbocycles. The zero-order chi connectivity index (χ0) is 22.4. The Hall–Kier alpha value is -2.60. The van der Waals surface area contributed by atoms with Crippen LogP contribution in [0.1, 0.15) is 61.1 Å². The molecule has 0 nitrogen and oxygen atoms in total. The van der Waals surface area contributed by atoms with Gasteiger partial charge in [-0.1, -0.05) is 117 Å². The van der Waals surface area contributed by atoms with Gasteiger partial charge in [0.05, 0.1) is 0 Å². The Morgan fingerprint density at radius 3 is 1.88 bits per heavy atom. The van der Waals surface area contributed by atoms with E-state index in [9.17, 15) is 0 Å². The molecule has 0 spiro atoms. The molecule has 0 heteroatoms. The molecule has 8 unspecified atom stereocenters. The average Bonchev–Trinajstić information content (AvgIpc) is 3.44. The lowest BCUT2D eigenvalue weighted by Gasteiger charge is -2.33. The third-order valence-corrected chi connectivity index (χ3v) is 9.18. The van der Waals surface area contributed by atoms with Crippen molar-refractivity contribution in [1.82, 2.24) is 0 Å². The van der Waals surface area contributed by atoms with E-state index in [1.807, 2.05) is 0 Å². The van der Waals surface area contributed by atoms with Gasteiger partial charge in [-0.2, -0.15) is 0 Å². The summed E-state index contributed by atoms with van der Waals surface area (Å²) in [6, 6.07) is 20.9. The molecule has 0 radical (unpaired) electrons. The summed E-state index contributed by atoms with van der Waals surface area (Å²) in [4.78, 5) is 0. The van der Waals surface area contributed by atoms with E-state index in [0.717, 1.165) is 5.92 Å². The van der Waals surface area contributed by atoms with Crippen molar-refractivity contribution >= 4 is 0 Å². The van der Waals surface area contributed by atoms with Crippen LogP contribution in [0.25, 0.3) is 0 Å². The predicted molar refractivity (Wildman–Crippen MR) is 139 cm³/mol. The highest BCUT2D eigenvalue weighted by Gasteiger charge is 2.47. The van der Waals surface area contributed by atoms with E-state index in [-0.39, 0.29) is 0 Å². The Labute approximate surface area is 199 Å². The molecule has 0 aromatic heterocycles. The van der Waals surface area contributed by atoms with Crippen LogP contribution in [0.5, 0.6) is 0 Å². The summed E-state index contributed by atoms with van der Waals surface area (Å²) in [6.07, 6.45) is 21.7. The van der Waals surface area contributed by atoms with Gasteiger partial charge in [0.15, 0.2) is 0 Å². The van der Waals surface area contributed by atoms with E-state index in [1.165, 1.54) is 18.4 Å². The van der Waals surface area contributed by atoms with Crippen molar-refractivity contribution in [3.05, 3.63) is 120 Å². The highest BCUT2D eigenvalue weighted by Crippen LogP contribution is 2.58. The first-order valence-corrected chi connectivity index (χ1v) is 13.1. The lowest BCUT2D eigenvalue weighted by atomic mass is 9.71. The molecule has 4 aliphatic rings. The fourth-order valence-corrected chi connectivity index (χ4v) is 7.77. The zero-order valence-corrected chi connectivity index (χ0v) is 19.9. The molecule has 2 aromatic rings. The Kier molecular flexibility index (Phi) is 5.49. The van der Waals surface area contributed by atoms with Crippen LogP contribution >= 0.6 is 0 Å². The molecule has 0 amide bonds. The summed E-state index contributed by atoms with van der Waals surface area (Å²) in [5.41, 5.74) is 4.78. The molecule has 8 atom stereocenters. The molecule has 0 bridgehead atoms. The van der Waals surface area contributed by atoms with Crippen molar-refractivity contribution < 1.29 is 0 Å². The van der Waals surface area contributed by atoms with Crippen LogP contribution in [0, 0.1) is 35.5 Å². The molecular formula is C33H36. The summed E-state index contributed by atoms with van der Waals surface area (Å²) in [6.45, 7) is 4.88. The van der Waals surface area contributed by atoms with E-state index < -0.39 is 0 Å². The lowest BCUT2D eigenvalue weighted by molar-refractivity contribution is 0.340. The maximum atomic E-state index is 2.52. The first kappa shape index (κ1) is 21.0. The molecule has 0 N–H and O–H groups in total.